The van der Waals surface area contributed by atoms with Crippen LogP contribution < -0.4 is 5.32 Å². The van der Waals surface area contributed by atoms with Gasteiger partial charge < -0.3 is 5.32 Å². The monoisotopic (exact) mass is 347 g/mol. The first-order valence-corrected chi connectivity index (χ1v) is 9.32. The minimum absolute atomic E-state index is 0.0989. The van der Waals surface area contributed by atoms with Crippen molar-refractivity contribution in [3.8, 4) is 0 Å². The van der Waals surface area contributed by atoms with Crippen LogP contribution in [-0.4, -0.2) is 18.2 Å². The van der Waals surface area contributed by atoms with Crippen molar-refractivity contribution >= 4 is 29.3 Å². The number of benzene rings is 2. The number of halogens is 1. The summed E-state index contributed by atoms with van der Waals surface area (Å²) in [6, 6.07) is 16.2. The van der Waals surface area contributed by atoms with Crippen LogP contribution in [0.4, 0.5) is 0 Å². The van der Waals surface area contributed by atoms with E-state index in [1.807, 2.05) is 24.3 Å². The van der Waals surface area contributed by atoms with Gasteiger partial charge in [0, 0.05) is 17.3 Å². The van der Waals surface area contributed by atoms with Gasteiger partial charge >= 0.3 is 0 Å². The van der Waals surface area contributed by atoms with Gasteiger partial charge in [-0.05, 0) is 37.0 Å². The van der Waals surface area contributed by atoms with E-state index in [4.69, 9.17) is 11.6 Å². The number of hydrogen-bond donors (Lipinski definition) is 1. The van der Waals surface area contributed by atoms with E-state index in [0.717, 1.165) is 29.2 Å². The molecule has 2 aromatic carbocycles. The van der Waals surface area contributed by atoms with Gasteiger partial charge in [-0.15, -0.1) is 11.8 Å². The number of amides is 1. The fraction of sp³-hybridized carbons (Fsp3) is 0.316. The summed E-state index contributed by atoms with van der Waals surface area (Å²) in [5.74, 6) is 1.47. The number of nitrogens with one attached hydrogen (secondary N) is 1. The number of carbonyl (C=O) groups is 1. The molecule has 4 heteroatoms. The van der Waals surface area contributed by atoms with Crippen LogP contribution in [0.15, 0.2) is 48.5 Å². The van der Waals surface area contributed by atoms with Crippen LogP contribution in [0.25, 0.3) is 0 Å². The van der Waals surface area contributed by atoms with E-state index < -0.39 is 0 Å². The largest absolute Gasteiger partial charge is 0.355 e. The lowest BCUT2D eigenvalue weighted by molar-refractivity contribution is -0.118. The minimum Gasteiger partial charge on any atom is -0.355 e. The number of rotatable bonds is 8. The molecule has 0 saturated heterocycles. The van der Waals surface area contributed by atoms with Crippen molar-refractivity contribution in [2.45, 2.75) is 25.5 Å². The van der Waals surface area contributed by atoms with Crippen molar-refractivity contribution in [3.05, 3.63) is 70.2 Å². The SMILES string of the molecule is Cc1cccc(CSCC(=O)NCCCc2ccccc2Cl)c1. The van der Waals surface area contributed by atoms with Crippen LogP contribution in [0, 0.1) is 6.92 Å². The van der Waals surface area contributed by atoms with Gasteiger partial charge in [-0.2, -0.15) is 0 Å². The van der Waals surface area contributed by atoms with Crippen molar-refractivity contribution in [2.75, 3.05) is 12.3 Å². The highest BCUT2D eigenvalue weighted by atomic mass is 35.5. The molecule has 2 rings (SSSR count). The smallest absolute Gasteiger partial charge is 0.230 e. The van der Waals surface area contributed by atoms with E-state index in [-0.39, 0.29) is 5.91 Å². The molecule has 0 aliphatic heterocycles. The zero-order valence-corrected chi connectivity index (χ0v) is 14.9. The third-order valence-electron chi connectivity index (χ3n) is 3.49. The van der Waals surface area contributed by atoms with Gasteiger partial charge in [0.05, 0.1) is 5.75 Å². The first kappa shape index (κ1) is 17.9. The molecular weight excluding hydrogens is 326 g/mol. The van der Waals surface area contributed by atoms with Gasteiger partial charge in [-0.25, -0.2) is 0 Å². The van der Waals surface area contributed by atoms with Gasteiger partial charge in [0.1, 0.15) is 0 Å². The van der Waals surface area contributed by atoms with Gasteiger partial charge in [-0.1, -0.05) is 59.6 Å². The predicted molar refractivity (Wildman–Crippen MR) is 100 cm³/mol. The number of aryl methyl sites for hydroxylation is 2. The minimum atomic E-state index is 0.0989. The first-order valence-electron chi connectivity index (χ1n) is 7.78. The molecule has 2 aromatic rings. The lowest BCUT2D eigenvalue weighted by Gasteiger charge is -2.07. The summed E-state index contributed by atoms with van der Waals surface area (Å²) < 4.78 is 0. The Morgan fingerprint density at radius 1 is 1.17 bits per heavy atom. The summed E-state index contributed by atoms with van der Waals surface area (Å²) >= 11 is 7.76. The summed E-state index contributed by atoms with van der Waals surface area (Å²) in [7, 11) is 0. The van der Waals surface area contributed by atoms with Crippen LogP contribution in [0.5, 0.6) is 0 Å². The standard InChI is InChI=1S/C19H22ClNOS/c1-15-6-4-7-16(12-15)13-23-14-19(22)21-11-5-9-17-8-2-3-10-18(17)20/h2-4,6-8,10,12H,5,9,11,13-14H2,1H3,(H,21,22). The van der Waals surface area contributed by atoms with E-state index in [1.165, 1.54) is 11.1 Å². The van der Waals surface area contributed by atoms with Gasteiger partial charge in [0.2, 0.25) is 5.91 Å². The molecule has 0 atom stereocenters. The summed E-state index contributed by atoms with van der Waals surface area (Å²) in [6.45, 7) is 2.77. The Balaban J connectivity index is 1.59. The second-order valence-corrected chi connectivity index (χ2v) is 6.92. The number of thioether (sulfide) groups is 1. The van der Waals surface area contributed by atoms with Crippen LogP contribution in [0.2, 0.25) is 5.02 Å². The number of hydrogen-bond acceptors (Lipinski definition) is 2. The average molecular weight is 348 g/mol. The maximum Gasteiger partial charge on any atom is 0.230 e. The molecule has 0 aliphatic rings. The Hall–Kier alpha value is -1.45. The lowest BCUT2D eigenvalue weighted by atomic mass is 10.1. The third-order valence-corrected chi connectivity index (χ3v) is 4.86. The molecule has 0 spiro atoms. The van der Waals surface area contributed by atoms with Crippen molar-refractivity contribution < 1.29 is 4.79 Å². The van der Waals surface area contributed by atoms with Crippen molar-refractivity contribution in [3.63, 3.8) is 0 Å². The highest BCUT2D eigenvalue weighted by Crippen LogP contribution is 2.16. The Kier molecular flexibility index (Phi) is 7.50. The summed E-state index contributed by atoms with van der Waals surface area (Å²) in [4.78, 5) is 11.8. The second kappa shape index (κ2) is 9.64. The molecule has 0 heterocycles. The maximum atomic E-state index is 11.8. The Bertz CT molecular complexity index is 645. The summed E-state index contributed by atoms with van der Waals surface area (Å²) in [6.07, 6.45) is 1.79. The maximum absolute atomic E-state index is 11.8. The Labute approximate surface area is 147 Å². The molecule has 0 aliphatic carbocycles. The molecule has 0 saturated carbocycles. The third kappa shape index (κ3) is 6.67. The molecule has 23 heavy (non-hydrogen) atoms. The van der Waals surface area contributed by atoms with E-state index >= 15 is 0 Å². The van der Waals surface area contributed by atoms with Crippen LogP contribution in [-0.2, 0) is 17.0 Å². The predicted octanol–water partition coefficient (Wildman–Crippen LogP) is 4.63. The number of carbonyl (C=O) groups excluding carboxylic acids is 1. The molecule has 0 aromatic heterocycles. The molecule has 0 bridgehead atoms. The molecule has 1 amide bonds. The van der Waals surface area contributed by atoms with Gasteiger partial charge in [0.25, 0.3) is 0 Å². The topological polar surface area (TPSA) is 29.1 Å². The van der Waals surface area contributed by atoms with E-state index in [2.05, 4.69) is 36.5 Å². The lowest BCUT2D eigenvalue weighted by Crippen LogP contribution is -2.26. The Morgan fingerprint density at radius 3 is 2.78 bits per heavy atom. The van der Waals surface area contributed by atoms with E-state index in [9.17, 15) is 4.79 Å². The highest BCUT2D eigenvalue weighted by Gasteiger charge is 2.03. The van der Waals surface area contributed by atoms with Crippen molar-refractivity contribution in [1.82, 2.24) is 5.32 Å². The van der Waals surface area contributed by atoms with Crippen LogP contribution in [0.3, 0.4) is 0 Å². The molecular formula is C19H22ClNOS. The second-order valence-electron chi connectivity index (χ2n) is 5.53. The fourth-order valence-corrected chi connectivity index (χ4v) is 3.36. The average Bonchev–Trinajstić information content (AvgIpc) is 2.53. The normalized spacial score (nSPS) is 10.5. The zero-order chi connectivity index (χ0) is 16.5. The van der Waals surface area contributed by atoms with Crippen molar-refractivity contribution in [2.24, 2.45) is 0 Å². The van der Waals surface area contributed by atoms with Crippen molar-refractivity contribution in [1.29, 1.82) is 0 Å². The van der Waals surface area contributed by atoms with Gasteiger partial charge in [0.15, 0.2) is 0 Å². The van der Waals surface area contributed by atoms with E-state index in [1.54, 1.807) is 11.8 Å². The van der Waals surface area contributed by atoms with Crippen LogP contribution in [0.1, 0.15) is 23.1 Å². The molecule has 1 N–H and O–H groups in total. The highest BCUT2D eigenvalue weighted by molar-refractivity contribution is 7.99. The van der Waals surface area contributed by atoms with Gasteiger partial charge in [-0.3, -0.25) is 4.79 Å². The Morgan fingerprint density at radius 2 is 2.00 bits per heavy atom. The summed E-state index contributed by atoms with van der Waals surface area (Å²) in [5.41, 5.74) is 3.66. The van der Waals surface area contributed by atoms with E-state index in [0.29, 0.717) is 12.3 Å². The fourth-order valence-electron chi connectivity index (χ4n) is 2.32. The first-order chi connectivity index (χ1) is 11.1. The quantitative estimate of drug-likeness (QED) is 0.705. The zero-order valence-electron chi connectivity index (χ0n) is 13.3. The molecule has 0 unspecified atom stereocenters. The molecule has 0 radical (unpaired) electrons. The van der Waals surface area contributed by atoms with Crippen LogP contribution >= 0.6 is 23.4 Å². The molecule has 2 nitrogen and oxygen atoms in total. The molecule has 122 valence electrons. The summed E-state index contributed by atoms with van der Waals surface area (Å²) in [5, 5.41) is 3.77. The molecule has 0 fully saturated rings.